The van der Waals surface area contributed by atoms with Crippen LogP contribution in [0.15, 0.2) is 84.9 Å². The van der Waals surface area contributed by atoms with Crippen LogP contribution in [0.4, 0.5) is 21.0 Å². The van der Waals surface area contributed by atoms with Gasteiger partial charge in [-0.2, -0.15) is 0 Å². The van der Waals surface area contributed by atoms with Gasteiger partial charge in [-0.05, 0) is 29.3 Å². The van der Waals surface area contributed by atoms with Gasteiger partial charge in [0.1, 0.15) is 0 Å². The summed E-state index contributed by atoms with van der Waals surface area (Å²) in [7, 11) is 0. The quantitative estimate of drug-likeness (QED) is 0.642. The van der Waals surface area contributed by atoms with E-state index in [1.807, 2.05) is 84.9 Å². The van der Waals surface area contributed by atoms with Crippen molar-refractivity contribution >= 4 is 23.4 Å². The molecule has 6 nitrogen and oxygen atoms in total. The van der Waals surface area contributed by atoms with Gasteiger partial charge in [-0.3, -0.25) is 4.90 Å². The molecule has 0 atom stereocenters. The molecule has 3 aromatic carbocycles. The van der Waals surface area contributed by atoms with Crippen LogP contribution in [0.1, 0.15) is 11.1 Å². The summed E-state index contributed by atoms with van der Waals surface area (Å²) in [5.41, 5.74) is 3.54. The van der Waals surface area contributed by atoms with Crippen LogP contribution >= 0.6 is 0 Å². The summed E-state index contributed by atoms with van der Waals surface area (Å²) in [6.45, 7) is 2.23. The van der Waals surface area contributed by atoms with Crippen molar-refractivity contribution < 1.29 is 9.59 Å². The molecule has 152 valence electrons. The van der Waals surface area contributed by atoms with E-state index in [9.17, 15) is 9.59 Å². The minimum atomic E-state index is -0.189. The molecule has 30 heavy (non-hydrogen) atoms. The Morgan fingerprint density at radius 2 is 1.53 bits per heavy atom. The highest BCUT2D eigenvalue weighted by molar-refractivity contribution is 5.95. The molecule has 4 rings (SSSR count). The van der Waals surface area contributed by atoms with Crippen molar-refractivity contribution in [2.75, 3.05) is 23.3 Å². The van der Waals surface area contributed by atoms with Crippen molar-refractivity contribution in [1.82, 2.24) is 10.2 Å². The first-order valence-electron chi connectivity index (χ1n) is 9.98. The lowest BCUT2D eigenvalue weighted by atomic mass is 10.2. The fourth-order valence-corrected chi connectivity index (χ4v) is 3.48. The Hall–Kier alpha value is -3.80. The number of hydrogen-bond acceptors (Lipinski definition) is 2. The van der Waals surface area contributed by atoms with Crippen LogP contribution < -0.4 is 15.5 Å². The van der Waals surface area contributed by atoms with Gasteiger partial charge in [0, 0.05) is 37.6 Å². The van der Waals surface area contributed by atoms with Gasteiger partial charge >= 0.3 is 12.1 Å². The summed E-state index contributed by atoms with van der Waals surface area (Å²) in [5.74, 6) is 0. The maximum absolute atomic E-state index is 13.1. The van der Waals surface area contributed by atoms with Crippen molar-refractivity contribution in [3.63, 3.8) is 0 Å². The zero-order valence-corrected chi connectivity index (χ0v) is 16.6. The van der Waals surface area contributed by atoms with Crippen LogP contribution in [-0.4, -0.2) is 30.1 Å². The van der Waals surface area contributed by atoms with Crippen LogP contribution in [0.3, 0.4) is 0 Å². The molecule has 0 aliphatic carbocycles. The Morgan fingerprint density at radius 3 is 2.10 bits per heavy atom. The van der Waals surface area contributed by atoms with Crippen LogP contribution in [0.2, 0.25) is 0 Å². The van der Waals surface area contributed by atoms with E-state index in [1.165, 1.54) is 0 Å². The van der Waals surface area contributed by atoms with Gasteiger partial charge in [-0.25, -0.2) is 9.59 Å². The second-order valence-electron chi connectivity index (χ2n) is 7.19. The van der Waals surface area contributed by atoms with Crippen molar-refractivity contribution in [1.29, 1.82) is 0 Å². The maximum Gasteiger partial charge on any atom is 0.322 e. The lowest BCUT2D eigenvalue weighted by Gasteiger charge is -2.24. The first kappa shape index (κ1) is 19.5. The molecule has 1 aliphatic heterocycles. The SMILES string of the molecule is O=C(Nc1cccc(N2CCNC2=O)c1)N(Cc1ccccc1)Cc1ccccc1. The number of amides is 4. The highest BCUT2D eigenvalue weighted by Crippen LogP contribution is 2.22. The number of urea groups is 2. The van der Waals surface area contributed by atoms with Gasteiger partial charge < -0.3 is 15.5 Å². The van der Waals surface area contributed by atoms with Gasteiger partial charge in [0.25, 0.3) is 0 Å². The van der Waals surface area contributed by atoms with Crippen molar-refractivity contribution in [2.24, 2.45) is 0 Å². The third-order valence-corrected chi connectivity index (χ3v) is 4.99. The van der Waals surface area contributed by atoms with Crippen LogP contribution in [0, 0.1) is 0 Å². The Balaban J connectivity index is 1.52. The lowest BCUT2D eigenvalue weighted by Crippen LogP contribution is -2.34. The topological polar surface area (TPSA) is 64.7 Å². The fourth-order valence-electron chi connectivity index (χ4n) is 3.48. The molecule has 0 unspecified atom stereocenters. The van der Waals surface area contributed by atoms with Crippen LogP contribution in [-0.2, 0) is 13.1 Å². The van der Waals surface area contributed by atoms with Gasteiger partial charge in [0.05, 0.1) is 0 Å². The van der Waals surface area contributed by atoms with E-state index in [0.717, 1.165) is 16.8 Å². The molecule has 1 aliphatic rings. The predicted molar refractivity (Wildman–Crippen MR) is 118 cm³/mol. The molecule has 0 saturated carbocycles. The highest BCUT2D eigenvalue weighted by atomic mass is 16.2. The molecule has 3 aromatic rings. The molecule has 0 aromatic heterocycles. The van der Waals surface area contributed by atoms with E-state index in [0.29, 0.717) is 31.9 Å². The minimum Gasteiger partial charge on any atom is -0.336 e. The summed E-state index contributed by atoms with van der Waals surface area (Å²) in [6, 6.07) is 26.9. The zero-order valence-electron chi connectivity index (χ0n) is 16.6. The third kappa shape index (κ3) is 4.78. The number of hydrogen-bond donors (Lipinski definition) is 2. The smallest absolute Gasteiger partial charge is 0.322 e. The van der Waals surface area contributed by atoms with E-state index >= 15 is 0 Å². The number of nitrogens with zero attached hydrogens (tertiary/aromatic N) is 2. The predicted octanol–water partition coefficient (Wildman–Crippen LogP) is 4.45. The largest absolute Gasteiger partial charge is 0.336 e. The van der Waals surface area contributed by atoms with E-state index in [4.69, 9.17) is 0 Å². The maximum atomic E-state index is 13.1. The Labute approximate surface area is 176 Å². The van der Waals surface area contributed by atoms with Gasteiger partial charge in [-0.1, -0.05) is 66.7 Å². The number of anilines is 2. The molecule has 1 heterocycles. The molecule has 0 spiro atoms. The second-order valence-corrected chi connectivity index (χ2v) is 7.19. The average molecular weight is 400 g/mol. The molecular formula is C24H24N4O2. The third-order valence-electron chi connectivity index (χ3n) is 4.99. The van der Waals surface area contributed by atoms with Gasteiger partial charge in [-0.15, -0.1) is 0 Å². The first-order valence-corrected chi connectivity index (χ1v) is 9.98. The highest BCUT2D eigenvalue weighted by Gasteiger charge is 2.21. The first-order chi connectivity index (χ1) is 14.7. The second kappa shape index (κ2) is 9.13. The zero-order chi connectivity index (χ0) is 20.8. The Bertz CT molecular complexity index is 966. The van der Waals surface area contributed by atoms with Crippen molar-refractivity contribution in [3.05, 3.63) is 96.1 Å². The van der Waals surface area contributed by atoms with E-state index < -0.39 is 0 Å². The summed E-state index contributed by atoms with van der Waals surface area (Å²) in [4.78, 5) is 28.5. The fraction of sp³-hybridized carbons (Fsp3) is 0.167. The van der Waals surface area contributed by atoms with Crippen molar-refractivity contribution in [3.8, 4) is 0 Å². The summed E-state index contributed by atoms with van der Waals surface area (Å²) in [6.07, 6.45) is 0. The number of carbonyl (C=O) groups is 2. The summed E-state index contributed by atoms with van der Waals surface area (Å²) < 4.78 is 0. The van der Waals surface area contributed by atoms with E-state index in [1.54, 1.807) is 9.80 Å². The molecule has 4 amide bonds. The van der Waals surface area contributed by atoms with Gasteiger partial charge in [0.15, 0.2) is 0 Å². The number of carbonyl (C=O) groups excluding carboxylic acids is 2. The molecule has 0 radical (unpaired) electrons. The molecule has 1 saturated heterocycles. The monoisotopic (exact) mass is 400 g/mol. The molecule has 0 bridgehead atoms. The van der Waals surface area contributed by atoms with Crippen LogP contribution in [0.25, 0.3) is 0 Å². The van der Waals surface area contributed by atoms with E-state index in [2.05, 4.69) is 10.6 Å². The van der Waals surface area contributed by atoms with E-state index in [-0.39, 0.29) is 12.1 Å². The average Bonchev–Trinajstić information content (AvgIpc) is 3.21. The summed E-state index contributed by atoms with van der Waals surface area (Å²) >= 11 is 0. The molecule has 1 fully saturated rings. The number of rotatable bonds is 6. The number of benzene rings is 3. The Kier molecular flexibility index (Phi) is 5.94. The van der Waals surface area contributed by atoms with Crippen molar-refractivity contribution in [2.45, 2.75) is 13.1 Å². The molecule has 2 N–H and O–H groups in total. The molecular weight excluding hydrogens is 376 g/mol. The Morgan fingerprint density at radius 1 is 0.900 bits per heavy atom. The summed E-state index contributed by atoms with van der Waals surface area (Å²) in [5, 5.41) is 5.78. The standard InChI is InChI=1S/C24H24N4O2/c29-23-25-14-15-28(23)22-13-7-12-21(16-22)26-24(30)27(17-19-8-3-1-4-9-19)18-20-10-5-2-6-11-20/h1-13,16H,14-15,17-18H2,(H,25,29)(H,26,30). The number of nitrogens with one attached hydrogen (secondary N) is 2. The van der Waals surface area contributed by atoms with Crippen LogP contribution in [0.5, 0.6) is 0 Å². The van der Waals surface area contributed by atoms with Gasteiger partial charge in [0.2, 0.25) is 0 Å². The molecule has 6 heteroatoms. The lowest BCUT2D eigenvalue weighted by molar-refractivity contribution is 0.206. The minimum absolute atomic E-state index is 0.117. The normalized spacial score (nSPS) is 13.1.